The van der Waals surface area contributed by atoms with Gasteiger partial charge in [0.05, 0.1) is 16.4 Å². The van der Waals surface area contributed by atoms with Gasteiger partial charge in [0.25, 0.3) is 5.91 Å². The first-order valence-electron chi connectivity index (χ1n) is 6.05. The number of hydrogen-bond donors (Lipinski definition) is 2. The number of nitrogens with zero attached hydrogens (tertiary/aromatic N) is 1. The zero-order valence-electron chi connectivity index (χ0n) is 10.9. The van der Waals surface area contributed by atoms with Gasteiger partial charge >= 0.3 is 0 Å². The van der Waals surface area contributed by atoms with Gasteiger partial charge in [-0.2, -0.15) is 0 Å². The van der Waals surface area contributed by atoms with Gasteiger partial charge in [-0.15, -0.1) is 0 Å². The summed E-state index contributed by atoms with van der Waals surface area (Å²) in [6.45, 7) is 4.53. The molecule has 0 atom stereocenters. The predicted molar refractivity (Wildman–Crippen MR) is 78.7 cm³/mol. The molecule has 0 unspecified atom stereocenters. The summed E-state index contributed by atoms with van der Waals surface area (Å²) in [6, 6.07) is 7.15. The van der Waals surface area contributed by atoms with Gasteiger partial charge in [-0.3, -0.25) is 4.79 Å². The highest BCUT2D eigenvalue weighted by atomic mass is 35.5. The van der Waals surface area contributed by atoms with Crippen LogP contribution < -0.4 is 11.1 Å². The number of aryl methyl sites for hydroxylation is 2. The lowest BCUT2D eigenvalue weighted by Gasteiger charge is -2.11. The third-order valence-electron chi connectivity index (χ3n) is 2.95. The molecule has 1 aromatic heterocycles. The highest BCUT2D eigenvalue weighted by Crippen LogP contribution is 2.26. The average molecular weight is 278 g/mol. The third kappa shape index (κ3) is 2.74. The first-order chi connectivity index (χ1) is 9.02. The fourth-order valence-electron chi connectivity index (χ4n) is 1.95. The highest BCUT2D eigenvalue weighted by Gasteiger charge is 2.14. The van der Waals surface area contributed by atoms with Crippen molar-refractivity contribution in [3.63, 3.8) is 0 Å². The number of aromatic nitrogens is 1. The normalized spacial score (nSPS) is 10.5. The maximum atomic E-state index is 12.3. The monoisotopic (exact) mass is 277 g/mol. The molecule has 0 fully saturated rings. The quantitative estimate of drug-likeness (QED) is 0.904. The Hall–Kier alpha value is -1.94. The second-order valence-electron chi connectivity index (χ2n) is 4.33. The smallest absolute Gasteiger partial charge is 0.272 e. The molecule has 0 aliphatic carbocycles. The van der Waals surface area contributed by atoms with E-state index in [1.807, 2.05) is 26.0 Å². The van der Waals surface area contributed by atoms with Gasteiger partial charge < -0.3 is 15.6 Å². The van der Waals surface area contributed by atoms with Crippen LogP contribution >= 0.6 is 11.6 Å². The summed E-state index contributed by atoms with van der Waals surface area (Å²) in [6.07, 6.45) is 1.74. The molecule has 2 rings (SSSR count). The van der Waals surface area contributed by atoms with Crippen molar-refractivity contribution in [2.75, 3.05) is 11.1 Å². The number of amides is 1. The van der Waals surface area contributed by atoms with Crippen molar-refractivity contribution < 1.29 is 4.79 Å². The van der Waals surface area contributed by atoms with Gasteiger partial charge in [-0.05, 0) is 31.5 Å². The Morgan fingerprint density at radius 2 is 2.21 bits per heavy atom. The maximum absolute atomic E-state index is 12.3. The van der Waals surface area contributed by atoms with E-state index in [0.717, 1.165) is 5.56 Å². The number of carbonyl (C=O) groups is 1. The number of hydrogen-bond acceptors (Lipinski definition) is 2. The van der Waals surface area contributed by atoms with Gasteiger partial charge in [0.15, 0.2) is 0 Å². The number of carbonyl (C=O) groups excluding carboxylic acids is 1. The Balaban J connectivity index is 2.31. The van der Waals surface area contributed by atoms with E-state index in [-0.39, 0.29) is 5.91 Å². The number of benzene rings is 1. The predicted octanol–water partition coefficient (Wildman–Crippen LogP) is 3.30. The number of rotatable bonds is 3. The van der Waals surface area contributed by atoms with Crippen molar-refractivity contribution in [1.82, 2.24) is 4.57 Å². The lowest BCUT2D eigenvalue weighted by atomic mass is 10.2. The second kappa shape index (κ2) is 5.36. The number of halogens is 1. The summed E-state index contributed by atoms with van der Waals surface area (Å²) in [5.74, 6) is -0.213. The minimum Gasteiger partial charge on any atom is -0.397 e. The Kier molecular flexibility index (Phi) is 3.81. The highest BCUT2D eigenvalue weighted by molar-refractivity contribution is 6.34. The van der Waals surface area contributed by atoms with E-state index < -0.39 is 0 Å². The van der Waals surface area contributed by atoms with Crippen LogP contribution in [0.5, 0.6) is 0 Å². The Labute approximate surface area is 117 Å². The molecule has 4 nitrogen and oxygen atoms in total. The van der Waals surface area contributed by atoms with Gasteiger partial charge in [0, 0.05) is 12.7 Å². The van der Waals surface area contributed by atoms with E-state index in [2.05, 4.69) is 5.32 Å². The Morgan fingerprint density at radius 3 is 2.84 bits per heavy atom. The minimum absolute atomic E-state index is 0.213. The number of nitrogen functional groups attached to an aromatic ring is 1. The molecular weight excluding hydrogens is 262 g/mol. The van der Waals surface area contributed by atoms with E-state index in [4.69, 9.17) is 17.3 Å². The van der Waals surface area contributed by atoms with Gasteiger partial charge in [0.1, 0.15) is 5.69 Å². The Morgan fingerprint density at radius 1 is 1.47 bits per heavy atom. The molecule has 1 amide bonds. The summed E-state index contributed by atoms with van der Waals surface area (Å²) in [4.78, 5) is 12.3. The van der Waals surface area contributed by atoms with Crippen molar-refractivity contribution in [3.05, 3.63) is 46.7 Å². The zero-order valence-corrected chi connectivity index (χ0v) is 11.7. The fourth-order valence-corrected chi connectivity index (χ4v) is 2.22. The van der Waals surface area contributed by atoms with Crippen molar-refractivity contribution >= 4 is 28.9 Å². The van der Waals surface area contributed by atoms with Gasteiger partial charge in [0.2, 0.25) is 0 Å². The number of anilines is 2. The van der Waals surface area contributed by atoms with Crippen LogP contribution in [0.4, 0.5) is 11.4 Å². The number of nitrogens with one attached hydrogen (secondary N) is 1. The SMILES string of the molecule is CCn1cc(N)cc1C(=O)Nc1c(C)cccc1Cl. The lowest BCUT2D eigenvalue weighted by Crippen LogP contribution is -2.17. The first kappa shape index (κ1) is 13.5. The molecule has 3 N–H and O–H groups in total. The van der Waals surface area contributed by atoms with Crippen LogP contribution in [0.2, 0.25) is 5.02 Å². The summed E-state index contributed by atoms with van der Waals surface area (Å²) < 4.78 is 1.80. The molecule has 0 saturated carbocycles. The van der Waals surface area contributed by atoms with Crippen LogP contribution in [-0.2, 0) is 6.54 Å². The molecule has 1 heterocycles. The molecule has 5 heteroatoms. The molecule has 0 bridgehead atoms. The molecule has 2 aromatic rings. The van der Waals surface area contributed by atoms with Crippen LogP contribution in [0.25, 0.3) is 0 Å². The standard InChI is InChI=1S/C14H16ClN3O/c1-3-18-8-10(16)7-12(18)14(19)17-13-9(2)5-4-6-11(13)15/h4-8H,3,16H2,1-2H3,(H,17,19). The molecule has 0 radical (unpaired) electrons. The molecule has 0 aliphatic heterocycles. The topological polar surface area (TPSA) is 60.0 Å². The summed E-state index contributed by atoms with van der Waals surface area (Å²) >= 11 is 6.09. The fraction of sp³-hybridized carbons (Fsp3) is 0.214. The summed E-state index contributed by atoms with van der Waals surface area (Å²) in [5.41, 5.74) is 8.37. The number of para-hydroxylation sites is 1. The molecule has 0 saturated heterocycles. The molecule has 1 aromatic carbocycles. The number of nitrogens with two attached hydrogens (primary N) is 1. The van der Waals surface area contributed by atoms with Crippen molar-refractivity contribution in [2.45, 2.75) is 20.4 Å². The maximum Gasteiger partial charge on any atom is 0.272 e. The van der Waals surface area contributed by atoms with Crippen LogP contribution in [0.1, 0.15) is 23.0 Å². The summed E-state index contributed by atoms with van der Waals surface area (Å²) in [5, 5.41) is 3.36. The van der Waals surface area contributed by atoms with Gasteiger partial charge in [-0.25, -0.2) is 0 Å². The van der Waals surface area contributed by atoms with Gasteiger partial charge in [-0.1, -0.05) is 23.7 Å². The summed E-state index contributed by atoms with van der Waals surface area (Å²) in [7, 11) is 0. The molecular formula is C14H16ClN3O. The van der Waals surface area contributed by atoms with Crippen molar-refractivity contribution in [2.24, 2.45) is 0 Å². The minimum atomic E-state index is -0.213. The molecule has 19 heavy (non-hydrogen) atoms. The van der Waals surface area contributed by atoms with E-state index in [1.54, 1.807) is 22.9 Å². The van der Waals surface area contributed by atoms with E-state index in [1.165, 1.54) is 0 Å². The lowest BCUT2D eigenvalue weighted by molar-refractivity contribution is 0.101. The van der Waals surface area contributed by atoms with E-state index >= 15 is 0 Å². The molecule has 0 aliphatic rings. The zero-order chi connectivity index (χ0) is 14.0. The first-order valence-corrected chi connectivity index (χ1v) is 6.42. The second-order valence-corrected chi connectivity index (χ2v) is 4.74. The Bertz CT molecular complexity index is 599. The van der Waals surface area contributed by atoms with E-state index in [0.29, 0.717) is 28.6 Å². The van der Waals surface area contributed by atoms with Crippen LogP contribution in [0, 0.1) is 6.92 Å². The van der Waals surface area contributed by atoms with E-state index in [9.17, 15) is 4.79 Å². The van der Waals surface area contributed by atoms with Crippen LogP contribution in [0.3, 0.4) is 0 Å². The average Bonchev–Trinajstić information content (AvgIpc) is 2.75. The van der Waals surface area contributed by atoms with Crippen molar-refractivity contribution in [1.29, 1.82) is 0 Å². The largest absolute Gasteiger partial charge is 0.397 e. The van der Waals surface area contributed by atoms with Crippen LogP contribution in [0.15, 0.2) is 30.5 Å². The molecule has 0 spiro atoms. The molecule has 100 valence electrons. The van der Waals surface area contributed by atoms with Crippen molar-refractivity contribution in [3.8, 4) is 0 Å². The van der Waals surface area contributed by atoms with Crippen LogP contribution in [-0.4, -0.2) is 10.5 Å². The third-order valence-corrected chi connectivity index (χ3v) is 3.27.